The fourth-order valence-electron chi connectivity index (χ4n) is 5.66. The van der Waals surface area contributed by atoms with Crippen LogP contribution in [0.3, 0.4) is 0 Å². The van der Waals surface area contributed by atoms with Gasteiger partial charge in [0.15, 0.2) is 0 Å². The SMILES string of the molecule is N#Cc1cccc(-c2cc(-c3ccc(-c4ccccc4)cc3)cc(-c3cc4ccccc4c4ccccc34)c2)c1. The third-order valence-electron chi connectivity index (χ3n) is 7.66. The minimum Gasteiger partial charge on any atom is -0.192 e. The maximum Gasteiger partial charge on any atom is 0.0991 e. The fourth-order valence-corrected chi connectivity index (χ4v) is 5.66. The molecule has 0 bridgehead atoms. The van der Waals surface area contributed by atoms with Crippen LogP contribution in [-0.2, 0) is 0 Å². The van der Waals surface area contributed by atoms with E-state index in [-0.39, 0.29) is 0 Å². The number of rotatable bonds is 4. The summed E-state index contributed by atoms with van der Waals surface area (Å²) in [6, 6.07) is 55.8. The van der Waals surface area contributed by atoms with Gasteiger partial charge in [-0.25, -0.2) is 0 Å². The first-order valence-corrected chi connectivity index (χ1v) is 13.5. The maximum absolute atomic E-state index is 9.56. The maximum atomic E-state index is 9.56. The molecule has 40 heavy (non-hydrogen) atoms. The van der Waals surface area contributed by atoms with Gasteiger partial charge in [-0.3, -0.25) is 0 Å². The molecule has 186 valence electrons. The lowest BCUT2D eigenvalue weighted by molar-refractivity contribution is 1.48. The number of benzene rings is 7. The van der Waals surface area contributed by atoms with E-state index in [0.717, 1.165) is 27.8 Å². The van der Waals surface area contributed by atoms with Crippen LogP contribution >= 0.6 is 0 Å². The Morgan fingerprint density at radius 1 is 0.350 bits per heavy atom. The Morgan fingerprint density at radius 3 is 1.65 bits per heavy atom. The van der Waals surface area contributed by atoms with E-state index in [4.69, 9.17) is 0 Å². The molecule has 0 radical (unpaired) electrons. The third-order valence-corrected chi connectivity index (χ3v) is 7.66. The van der Waals surface area contributed by atoms with Crippen LogP contribution in [0.15, 0.2) is 152 Å². The van der Waals surface area contributed by atoms with Crippen molar-refractivity contribution in [1.29, 1.82) is 5.26 Å². The van der Waals surface area contributed by atoms with Gasteiger partial charge in [0.05, 0.1) is 11.6 Å². The Balaban J connectivity index is 1.45. The van der Waals surface area contributed by atoms with Crippen molar-refractivity contribution in [1.82, 2.24) is 0 Å². The zero-order valence-corrected chi connectivity index (χ0v) is 21.9. The highest BCUT2D eigenvalue weighted by Gasteiger charge is 2.13. The molecule has 0 aromatic heterocycles. The van der Waals surface area contributed by atoms with Crippen molar-refractivity contribution in [3.8, 4) is 50.6 Å². The summed E-state index contributed by atoms with van der Waals surface area (Å²) in [7, 11) is 0. The first kappa shape index (κ1) is 23.7. The van der Waals surface area contributed by atoms with Crippen LogP contribution in [0.2, 0.25) is 0 Å². The van der Waals surface area contributed by atoms with Gasteiger partial charge in [-0.15, -0.1) is 0 Å². The second-order valence-corrected chi connectivity index (χ2v) is 10.1. The molecule has 7 rings (SSSR count). The average Bonchev–Trinajstić information content (AvgIpc) is 3.04. The second-order valence-electron chi connectivity index (χ2n) is 10.1. The molecular formula is C39H25N. The van der Waals surface area contributed by atoms with E-state index in [2.05, 4.69) is 133 Å². The molecule has 0 unspecified atom stereocenters. The quantitative estimate of drug-likeness (QED) is 0.217. The Kier molecular flexibility index (Phi) is 5.93. The Hall–Kier alpha value is -5.45. The Bertz CT molecular complexity index is 2040. The molecule has 0 N–H and O–H groups in total. The molecule has 1 nitrogen and oxygen atoms in total. The van der Waals surface area contributed by atoms with Gasteiger partial charge in [-0.2, -0.15) is 5.26 Å². The van der Waals surface area contributed by atoms with E-state index in [1.54, 1.807) is 0 Å². The summed E-state index contributed by atoms with van der Waals surface area (Å²) in [4.78, 5) is 0. The molecule has 0 atom stereocenters. The lowest BCUT2D eigenvalue weighted by atomic mass is 9.89. The standard InChI is InChI=1S/C39H25N/c40-26-27-9-8-13-31(21-27)34-22-33(30-19-17-29(18-20-30)28-10-2-1-3-11-28)23-35(24-34)39-25-32-12-4-5-14-36(32)37-15-6-7-16-38(37)39/h1-25H. The van der Waals surface area contributed by atoms with E-state index in [9.17, 15) is 5.26 Å². The van der Waals surface area contributed by atoms with Gasteiger partial charge in [0, 0.05) is 0 Å². The van der Waals surface area contributed by atoms with Crippen LogP contribution in [0, 0.1) is 11.3 Å². The number of nitriles is 1. The highest BCUT2D eigenvalue weighted by atomic mass is 14.2. The minimum absolute atomic E-state index is 0.660. The summed E-state index contributed by atoms with van der Waals surface area (Å²) in [5, 5.41) is 14.5. The zero-order chi connectivity index (χ0) is 26.9. The van der Waals surface area contributed by atoms with Crippen LogP contribution in [-0.4, -0.2) is 0 Å². The van der Waals surface area contributed by atoms with Crippen molar-refractivity contribution >= 4 is 21.5 Å². The monoisotopic (exact) mass is 507 g/mol. The molecule has 1 heteroatoms. The summed E-state index contributed by atoms with van der Waals surface area (Å²) in [6.45, 7) is 0. The molecule has 0 saturated carbocycles. The van der Waals surface area contributed by atoms with Crippen molar-refractivity contribution in [2.75, 3.05) is 0 Å². The van der Waals surface area contributed by atoms with E-state index in [1.807, 2.05) is 24.3 Å². The number of hydrogen-bond donors (Lipinski definition) is 0. The molecule has 0 fully saturated rings. The molecule has 0 saturated heterocycles. The molecule has 7 aromatic carbocycles. The van der Waals surface area contributed by atoms with Gasteiger partial charge < -0.3 is 0 Å². The lowest BCUT2D eigenvalue weighted by Crippen LogP contribution is -1.89. The fraction of sp³-hybridized carbons (Fsp3) is 0. The molecule has 0 amide bonds. The van der Waals surface area contributed by atoms with E-state index >= 15 is 0 Å². The van der Waals surface area contributed by atoms with Gasteiger partial charge in [0.25, 0.3) is 0 Å². The zero-order valence-electron chi connectivity index (χ0n) is 21.9. The normalized spacial score (nSPS) is 11.0. The first-order valence-electron chi connectivity index (χ1n) is 13.5. The summed E-state index contributed by atoms with van der Waals surface area (Å²) in [5.41, 5.74) is 9.85. The van der Waals surface area contributed by atoms with E-state index in [0.29, 0.717) is 5.56 Å². The second kappa shape index (κ2) is 10.0. The molecule has 0 aliphatic heterocycles. The molecule has 0 heterocycles. The summed E-state index contributed by atoms with van der Waals surface area (Å²) < 4.78 is 0. The average molecular weight is 508 g/mol. The molecule has 0 aliphatic rings. The Morgan fingerprint density at radius 2 is 0.900 bits per heavy atom. The van der Waals surface area contributed by atoms with Crippen LogP contribution < -0.4 is 0 Å². The highest BCUT2D eigenvalue weighted by molar-refractivity contribution is 6.14. The number of fused-ring (bicyclic) bond motifs is 3. The van der Waals surface area contributed by atoms with Crippen LogP contribution in [0.1, 0.15) is 5.56 Å². The van der Waals surface area contributed by atoms with Crippen LogP contribution in [0.25, 0.3) is 66.1 Å². The van der Waals surface area contributed by atoms with Gasteiger partial charge >= 0.3 is 0 Å². The molecule has 7 aromatic rings. The highest BCUT2D eigenvalue weighted by Crippen LogP contribution is 2.39. The van der Waals surface area contributed by atoms with Crippen molar-refractivity contribution in [3.63, 3.8) is 0 Å². The van der Waals surface area contributed by atoms with Crippen LogP contribution in [0.5, 0.6) is 0 Å². The summed E-state index contributed by atoms with van der Waals surface area (Å²) in [5.74, 6) is 0. The smallest absolute Gasteiger partial charge is 0.0991 e. The molecular weight excluding hydrogens is 482 g/mol. The van der Waals surface area contributed by atoms with E-state index in [1.165, 1.54) is 38.2 Å². The van der Waals surface area contributed by atoms with Gasteiger partial charge in [0.1, 0.15) is 0 Å². The lowest BCUT2D eigenvalue weighted by Gasteiger charge is -2.15. The van der Waals surface area contributed by atoms with Gasteiger partial charge in [-0.1, -0.05) is 115 Å². The topological polar surface area (TPSA) is 23.8 Å². The number of hydrogen-bond acceptors (Lipinski definition) is 1. The van der Waals surface area contributed by atoms with Crippen molar-refractivity contribution in [2.24, 2.45) is 0 Å². The van der Waals surface area contributed by atoms with Crippen LogP contribution in [0.4, 0.5) is 0 Å². The van der Waals surface area contributed by atoms with Crippen molar-refractivity contribution < 1.29 is 0 Å². The predicted octanol–water partition coefficient (Wildman–Crippen LogP) is 10.5. The van der Waals surface area contributed by atoms with Gasteiger partial charge in [0.2, 0.25) is 0 Å². The largest absolute Gasteiger partial charge is 0.192 e. The predicted molar refractivity (Wildman–Crippen MR) is 168 cm³/mol. The number of nitrogens with zero attached hydrogens (tertiary/aromatic N) is 1. The van der Waals surface area contributed by atoms with Gasteiger partial charge in [-0.05, 0) is 102 Å². The first-order chi connectivity index (χ1) is 19.8. The summed E-state index contributed by atoms with van der Waals surface area (Å²) >= 11 is 0. The summed E-state index contributed by atoms with van der Waals surface area (Å²) in [6.07, 6.45) is 0. The molecule has 0 spiro atoms. The van der Waals surface area contributed by atoms with Crippen molar-refractivity contribution in [2.45, 2.75) is 0 Å². The van der Waals surface area contributed by atoms with Crippen molar-refractivity contribution in [3.05, 3.63) is 157 Å². The minimum atomic E-state index is 0.660. The van der Waals surface area contributed by atoms with E-state index < -0.39 is 0 Å². The Labute approximate surface area is 234 Å². The third kappa shape index (κ3) is 4.33. The molecule has 0 aliphatic carbocycles.